The van der Waals surface area contributed by atoms with Gasteiger partial charge in [-0.1, -0.05) is 18.2 Å². The van der Waals surface area contributed by atoms with Crippen LogP contribution in [0.1, 0.15) is 44.1 Å². The molecule has 20 heavy (non-hydrogen) atoms. The molecule has 1 fully saturated rings. The number of likely N-dealkylation sites (tertiary alicyclic amines) is 1. The largest absolute Gasteiger partial charge is 0.461 e. The fraction of sp³-hybridized carbons (Fsp3) is 0.529. The molecule has 1 aromatic heterocycles. The molecule has 0 saturated carbocycles. The van der Waals surface area contributed by atoms with Crippen LogP contribution in [-0.4, -0.2) is 23.5 Å². The summed E-state index contributed by atoms with van der Waals surface area (Å²) in [6, 6.07) is 8.52. The number of furan rings is 1. The minimum atomic E-state index is 0.217. The highest BCUT2D eigenvalue weighted by Crippen LogP contribution is 2.40. The van der Waals surface area contributed by atoms with E-state index in [9.17, 15) is 0 Å². The van der Waals surface area contributed by atoms with Crippen molar-refractivity contribution in [2.45, 2.75) is 45.2 Å². The van der Waals surface area contributed by atoms with Gasteiger partial charge in [-0.25, -0.2) is 0 Å². The second-order valence-corrected chi connectivity index (χ2v) is 6.43. The Bertz CT molecular complexity index is 614. The first-order chi connectivity index (χ1) is 9.54. The molecule has 2 N–H and O–H groups in total. The lowest BCUT2D eigenvalue weighted by Crippen LogP contribution is -2.43. The molecule has 108 valence electrons. The lowest BCUT2D eigenvalue weighted by atomic mass is 9.96. The number of hydrogen-bond acceptors (Lipinski definition) is 3. The zero-order valence-electron chi connectivity index (χ0n) is 12.6. The lowest BCUT2D eigenvalue weighted by molar-refractivity contribution is 0.119. The average molecular weight is 272 g/mol. The summed E-state index contributed by atoms with van der Waals surface area (Å²) in [4.78, 5) is 2.55. The van der Waals surface area contributed by atoms with Gasteiger partial charge in [0.05, 0.1) is 6.04 Å². The van der Waals surface area contributed by atoms with Crippen LogP contribution in [0.15, 0.2) is 28.7 Å². The maximum Gasteiger partial charge on any atom is 0.134 e. The van der Waals surface area contributed by atoms with Gasteiger partial charge in [0.2, 0.25) is 0 Å². The number of aryl methyl sites for hydroxylation is 1. The Labute approximate surface area is 120 Å². The van der Waals surface area contributed by atoms with Crippen molar-refractivity contribution in [2.75, 3.05) is 13.1 Å². The Hall–Kier alpha value is -1.32. The highest BCUT2D eigenvalue weighted by molar-refractivity contribution is 5.82. The van der Waals surface area contributed by atoms with Crippen LogP contribution < -0.4 is 5.73 Å². The summed E-state index contributed by atoms with van der Waals surface area (Å²) in [6.07, 6.45) is 2.48. The number of nitrogens with two attached hydrogens (primary N) is 1. The second kappa shape index (κ2) is 4.90. The molecule has 0 aliphatic carbocycles. The van der Waals surface area contributed by atoms with Crippen LogP contribution in [0.2, 0.25) is 0 Å². The third-order valence-corrected chi connectivity index (χ3v) is 4.72. The Kier molecular flexibility index (Phi) is 3.35. The number of hydrogen-bond donors (Lipinski definition) is 1. The van der Waals surface area contributed by atoms with E-state index >= 15 is 0 Å². The second-order valence-electron chi connectivity index (χ2n) is 6.43. The van der Waals surface area contributed by atoms with E-state index in [1.165, 1.54) is 23.8 Å². The van der Waals surface area contributed by atoms with Crippen LogP contribution in [0, 0.1) is 6.92 Å². The van der Waals surface area contributed by atoms with E-state index in [4.69, 9.17) is 10.2 Å². The first kappa shape index (κ1) is 13.7. The van der Waals surface area contributed by atoms with Gasteiger partial charge in [-0.15, -0.1) is 0 Å². The summed E-state index contributed by atoms with van der Waals surface area (Å²) in [6.45, 7) is 8.45. The Morgan fingerprint density at radius 3 is 2.75 bits per heavy atom. The maximum atomic E-state index is 6.14. The molecule has 3 rings (SSSR count). The highest BCUT2D eigenvalue weighted by atomic mass is 16.3. The Balaban J connectivity index is 2.10. The van der Waals surface area contributed by atoms with Gasteiger partial charge >= 0.3 is 0 Å². The van der Waals surface area contributed by atoms with Crippen molar-refractivity contribution >= 4 is 11.0 Å². The molecule has 1 aromatic carbocycles. The van der Waals surface area contributed by atoms with E-state index in [2.05, 4.69) is 37.8 Å². The molecule has 1 unspecified atom stereocenters. The SMILES string of the molecule is Cc1oc2ccccc2c1C(CN)N1CCCC1(C)C. The van der Waals surface area contributed by atoms with Gasteiger partial charge in [0.1, 0.15) is 11.3 Å². The van der Waals surface area contributed by atoms with Crippen molar-refractivity contribution < 1.29 is 4.42 Å². The predicted octanol–water partition coefficient (Wildman–Crippen LogP) is 3.62. The van der Waals surface area contributed by atoms with Gasteiger partial charge in [0.15, 0.2) is 0 Å². The van der Waals surface area contributed by atoms with E-state index < -0.39 is 0 Å². The van der Waals surface area contributed by atoms with Gasteiger partial charge in [-0.2, -0.15) is 0 Å². The van der Waals surface area contributed by atoms with Gasteiger partial charge in [0, 0.05) is 23.0 Å². The standard InChI is InChI=1S/C17H24N2O/c1-12-16(13-7-4-5-8-15(13)20-12)14(11-18)19-10-6-9-17(19,2)3/h4-5,7-8,14H,6,9-11,18H2,1-3H3. The van der Waals surface area contributed by atoms with Crippen LogP contribution in [-0.2, 0) is 0 Å². The number of para-hydroxylation sites is 1. The van der Waals surface area contributed by atoms with Crippen LogP contribution in [0.25, 0.3) is 11.0 Å². The topological polar surface area (TPSA) is 42.4 Å². The van der Waals surface area contributed by atoms with Crippen molar-refractivity contribution in [3.05, 3.63) is 35.6 Å². The van der Waals surface area contributed by atoms with Crippen molar-refractivity contribution in [3.63, 3.8) is 0 Å². The molecule has 0 spiro atoms. The van der Waals surface area contributed by atoms with Gasteiger partial charge in [0.25, 0.3) is 0 Å². The fourth-order valence-corrected chi connectivity index (χ4v) is 3.71. The average Bonchev–Trinajstić information content (AvgIpc) is 2.92. The fourth-order valence-electron chi connectivity index (χ4n) is 3.71. The minimum absolute atomic E-state index is 0.217. The predicted molar refractivity (Wildman–Crippen MR) is 82.8 cm³/mol. The van der Waals surface area contributed by atoms with E-state index in [-0.39, 0.29) is 11.6 Å². The molecule has 3 heteroatoms. The monoisotopic (exact) mass is 272 g/mol. The van der Waals surface area contributed by atoms with Gasteiger partial charge < -0.3 is 10.2 Å². The molecule has 2 aromatic rings. The maximum absolute atomic E-state index is 6.14. The summed E-state index contributed by atoms with van der Waals surface area (Å²) in [5, 5.41) is 1.21. The van der Waals surface area contributed by atoms with Crippen LogP contribution >= 0.6 is 0 Å². The lowest BCUT2D eigenvalue weighted by Gasteiger charge is -2.38. The third-order valence-electron chi connectivity index (χ3n) is 4.72. The quantitative estimate of drug-likeness (QED) is 0.928. The molecule has 1 atom stereocenters. The number of nitrogens with zero attached hydrogens (tertiary/aromatic N) is 1. The number of rotatable bonds is 3. The van der Waals surface area contributed by atoms with Gasteiger partial charge in [-0.05, 0) is 46.2 Å². The summed E-state index contributed by atoms with van der Waals surface area (Å²) in [5.41, 5.74) is 8.60. The number of benzene rings is 1. The third kappa shape index (κ3) is 2.05. The summed E-state index contributed by atoms with van der Waals surface area (Å²) < 4.78 is 5.93. The summed E-state index contributed by atoms with van der Waals surface area (Å²) in [7, 11) is 0. The Morgan fingerprint density at radius 1 is 1.35 bits per heavy atom. The van der Waals surface area contributed by atoms with Crippen molar-refractivity contribution in [1.29, 1.82) is 0 Å². The van der Waals surface area contributed by atoms with Crippen LogP contribution in [0.4, 0.5) is 0 Å². The van der Waals surface area contributed by atoms with Crippen molar-refractivity contribution in [3.8, 4) is 0 Å². The molecular formula is C17H24N2O. The normalized spacial score (nSPS) is 20.6. The van der Waals surface area contributed by atoms with E-state index in [1.54, 1.807) is 0 Å². The molecule has 0 bridgehead atoms. The number of fused-ring (bicyclic) bond motifs is 1. The van der Waals surface area contributed by atoms with Crippen molar-refractivity contribution in [2.24, 2.45) is 5.73 Å². The van der Waals surface area contributed by atoms with E-state index in [0.717, 1.165) is 17.9 Å². The zero-order chi connectivity index (χ0) is 14.3. The summed E-state index contributed by atoms with van der Waals surface area (Å²) in [5.74, 6) is 1.00. The van der Waals surface area contributed by atoms with Crippen molar-refractivity contribution in [1.82, 2.24) is 4.90 Å². The molecule has 1 aliphatic heterocycles. The zero-order valence-corrected chi connectivity index (χ0v) is 12.6. The first-order valence-corrected chi connectivity index (χ1v) is 7.49. The minimum Gasteiger partial charge on any atom is -0.461 e. The van der Waals surface area contributed by atoms with Crippen LogP contribution in [0.5, 0.6) is 0 Å². The summed E-state index contributed by atoms with van der Waals surface area (Å²) >= 11 is 0. The molecular weight excluding hydrogens is 248 g/mol. The van der Waals surface area contributed by atoms with Crippen LogP contribution in [0.3, 0.4) is 0 Å². The smallest absolute Gasteiger partial charge is 0.134 e. The highest BCUT2D eigenvalue weighted by Gasteiger charge is 2.38. The molecule has 0 radical (unpaired) electrons. The Morgan fingerprint density at radius 2 is 2.10 bits per heavy atom. The molecule has 3 nitrogen and oxygen atoms in total. The molecule has 1 aliphatic rings. The molecule has 2 heterocycles. The van der Waals surface area contributed by atoms with E-state index in [1.807, 2.05) is 12.1 Å². The molecule has 0 amide bonds. The van der Waals surface area contributed by atoms with E-state index in [0.29, 0.717) is 6.54 Å². The first-order valence-electron chi connectivity index (χ1n) is 7.49. The van der Waals surface area contributed by atoms with Gasteiger partial charge in [-0.3, -0.25) is 4.90 Å². The molecule has 1 saturated heterocycles.